The summed E-state index contributed by atoms with van der Waals surface area (Å²) in [6.45, 7) is 2.11. The minimum atomic E-state index is 0.436. The van der Waals surface area contributed by atoms with E-state index in [1.54, 1.807) is 6.07 Å². The topological polar surface area (TPSA) is 13.1 Å². The molecule has 66 valence electrons. The van der Waals surface area contributed by atoms with Crippen molar-refractivity contribution in [1.82, 2.24) is 0 Å². The summed E-state index contributed by atoms with van der Waals surface area (Å²) in [7, 11) is 0. The molecule has 0 aromatic carbocycles. The number of halogens is 2. The van der Waals surface area contributed by atoms with Gasteiger partial charge in [-0.25, -0.2) is 0 Å². The lowest BCUT2D eigenvalue weighted by atomic mass is 10.2. The van der Waals surface area contributed by atoms with Crippen LogP contribution in [0.25, 0.3) is 6.08 Å². The summed E-state index contributed by atoms with van der Waals surface area (Å²) in [5.74, 6) is 0.816. The summed E-state index contributed by atoms with van der Waals surface area (Å²) in [4.78, 5) is 0. The summed E-state index contributed by atoms with van der Waals surface area (Å²) in [5, 5.41) is 1.31. The Morgan fingerprint density at radius 3 is 2.83 bits per heavy atom. The number of hydrogen-bond acceptors (Lipinski definition) is 1. The molecule has 0 spiro atoms. The SMILES string of the molecule is CCC(=Cc1ccc(Cl)o1)CBr. The molecule has 1 aromatic heterocycles. The van der Waals surface area contributed by atoms with E-state index in [0.29, 0.717) is 5.22 Å². The maximum Gasteiger partial charge on any atom is 0.193 e. The zero-order valence-corrected chi connectivity index (χ0v) is 9.15. The molecule has 1 aromatic rings. The van der Waals surface area contributed by atoms with Crippen LogP contribution in [0.1, 0.15) is 19.1 Å². The van der Waals surface area contributed by atoms with E-state index in [1.807, 2.05) is 12.1 Å². The number of hydrogen-bond donors (Lipinski definition) is 0. The van der Waals surface area contributed by atoms with Crippen LogP contribution < -0.4 is 0 Å². The predicted molar refractivity (Wildman–Crippen MR) is 55.8 cm³/mol. The Balaban J connectivity index is 2.78. The first kappa shape index (κ1) is 9.87. The van der Waals surface area contributed by atoms with Crippen LogP contribution in [0, 0.1) is 0 Å². The van der Waals surface area contributed by atoms with Gasteiger partial charge in [-0.15, -0.1) is 0 Å². The van der Waals surface area contributed by atoms with Crippen LogP contribution in [0.15, 0.2) is 22.1 Å². The van der Waals surface area contributed by atoms with Crippen LogP contribution in [0.3, 0.4) is 0 Å². The summed E-state index contributed by atoms with van der Waals surface area (Å²) in [6.07, 6.45) is 3.02. The Labute approximate surface area is 85.5 Å². The lowest BCUT2D eigenvalue weighted by Gasteiger charge is -1.95. The molecule has 0 amide bonds. The van der Waals surface area contributed by atoms with Crippen LogP contribution in [0.5, 0.6) is 0 Å². The molecule has 0 aliphatic heterocycles. The Hall–Kier alpha value is -0.210. The first-order valence-corrected chi connectivity index (χ1v) is 5.27. The van der Waals surface area contributed by atoms with E-state index >= 15 is 0 Å². The second-order valence-electron chi connectivity index (χ2n) is 2.43. The van der Waals surface area contributed by atoms with E-state index in [2.05, 4.69) is 22.9 Å². The van der Waals surface area contributed by atoms with Crippen molar-refractivity contribution in [2.75, 3.05) is 5.33 Å². The predicted octanol–water partition coefficient (Wildman–Crippen LogP) is 4.12. The lowest BCUT2D eigenvalue weighted by molar-refractivity contribution is 0.558. The summed E-state index contributed by atoms with van der Waals surface area (Å²) < 4.78 is 5.19. The molecule has 0 fully saturated rings. The van der Waals surface area contributed by atoms with E-state index in [0.717, 1.165) is 17.5 Å². The quantitative estimate of drug-likeness (QED) is 0.735. The highest BCUT2D eigenvalue weighted by Crippen LogP contribution is 2.17. The smallest absolute Gasteiger partial charge is 0.193 e. The van der Waals surface area contributed by atoms with Gasteiger partial charge in [-0.05, 0) is 36.2 Å². The molecule has 0 atom stereocenters. The van der Waals surface area contributed by atoms with Gasteiger partial charge in [0.1, 0.15) is 5.76 Å². The van der Waals surface area contributed by atoms with Gasteiger partial charge in [0.25, 0.3) is 0 Å². The Morgan fingerprint density at radius 2 is 2.42 bits per heavy atom. The van der Waals surface area contributed by atoms with Crippen LogP contribution in [0.2, 0.25) is 5.22 Å². The van der Waals surface area contributed by atoms with Gasteiger partial charge < -0.3 is 4.42 Å². The fraction of sp³-hybridized carbons (Fsp3) is 0.333. The summed E-state index contributed by atoms with van der Waals surface area (Å²) in [6, 6.07) is 3.61. The van der Waals surface area contributed by atoms with E-state index in [9.17, 15) is 0 Å². The van der Waals surface area contributed by atoms with Crippen molar-refractivity contribution in [2.45, 2.75) is 13.3 Å². The molecule has 0 bridgehead atoms. The average Bonchev–Trinajstić information content (AvgIpc) is 2.47. The monoisotopic (exact) mass is 248 g/mol. The van der Waals surface area contributed by atoms with Crippen molar-refractivity contribution < 1.29 is 4.42 Å². The molecule has 0 saturated heterocycles. The molecule has 0 aliphatic carbocycles. The molecule has 12 heavy (non-hydrogen) atoms. The Kier molecular flexibility index (Phi) is 3.89. The molecule has 0 N–H and O–H groups in total. The number of alkyl halides is 1. The van der Waals surface area contributed by atoms with Crippen LogP contribution in [0.4, 0.5) is 0 Å². The van der Waals surface area contributed by atoms with Gasteiger partial charge >= 0.3 is 0 Å². The fourth-order valence-corrected chi connectivity index (χ4v) is 1.55. The lowest BCUT2D eigenvalue weighted by Crippen LogP contribution is -1.79. The Morgan fingerprint density at radius 1 is 1.67 bits per heavy atom. The molecule has 1 nitrogen and oxygen atoms in total. The van der Waals surface area contributed by atoms with Crippen molar-refractivity contribution in [3.63, 3.8) is 0 Å². The molecule has 1 rings (SSSR count). The Bertz CT molecular complexity index is 272. The second-order valence-corrected chi connectivity index (χ2v) is 3.36. The van der Waals surface area contributed by atoms with Crippen molar-refractivity contribution in [3.8, 4) is 0 Å². The zero-order chi connectivity index (χ0) is 8.97. The molecule has 1 heterocycles. The second kappa shape index (κ2) is 4.73. The first-order valence-electron chi connectivity index (χ1n) is 3.77. The highest BCUT2D eigenvalue weighted by atomic mass is 79.9. The molecule has 0 saturated carbocycles. The number of allylic oxidation sites excluding steroid dienone is 1. The van der Waals surface area contributed by atoms with Crippen molar-refractivity contribution in [1.29, 1.82) is 0 Å². The van der Waals surface area contributed by atoms with Gasteiger partial charge in [0.2, 0.25) is 0 Å². The third-order valence-electron chi connectivity index (χ3n) is 1.57. The van der Waals surface area contributed by atoms with Gasteiger partial charge in [-0.3, -0.25) is 0 Å². The standard InChI is InChI=1S/C9H10BrClO/c1-2-7(6-10)5-8-3-4-9(11)12-8/h3-5H,2,6H2,1H3. The molecule has 0 aliphatic rings. The summed E-state index contributed by atoms with van der Waals surface area (Å²) in [5.41, 5.74) is 1.29. The van der Waals surface area contributed by atoms with Gasteiger partial charge in [-0.1, -0.05) is 28.4 Å². The van der Waals surface area contributed by atoms with E-state index < -0.39 is 0 Å². The minimum Gasteiger partial charge on any atom is -0.445 e. The number of furan rings is 1. The molecule has 0 radical (unpaired) electrons. The minimum absolute atomic E-state index is 0.436. The highest BCUT2D eigenvalue weighted by Gasteiger charge is 1.97. The third kappa shape index (κ3) is 2.68. The maximum atomic E-state index is 5.62. The summed E-state index contributed by atoms with van der Waals surface area (Å²) >= 11 is 9.02. The van der Waals surface area contributed by atoms with E-state index in [1.165, 1.54) is 5.57 Å². The molecular formula is C9H10BrClO. The highest BCUT2D eigenvalue weighted by molar-refractivity contribution is 9.09. The maximum absolute atomic E-state index is 5.62. The molecule has 0 unspecified atom stereocenters. The van der Waals surface area contributed by atoms with Crippen molar-refractivity contribution in [3.05, 3.63) is 28.7 Å². The first-order chi connectivity index (χ1) is 5.76. The van der Waals surface area contributed by atoms with Gasteiger partial charge in [0.15, 0.2) is 5.22 Å². The van der Waals surface area contributed by atoms with E-state index in [4.69, 9.17) is 16.0 Å². The number of rotatable bonds is 3. The van der Waals surface area contributed by atoms with Crippen LogP contribution in [-0.4, -0.2) is 5.33 Å². The van der Waals surface area contributed by atoms with Gasteiger partial charge in [0, 0.05) is 5.33 Å². The largest absolute Gasteiger partial charge is 0.445 e. The third-order valence-corrected chi connectivity index (χ3v) is 2.49. The van der Waals surface area contributed by atoms with Gasteiger partial charge in [-0.2, -0.15) is 0 Å². The van der Waals surface area contributed by atoms with Crippen LogP contribution >= 0.6 is 27.5 Å². The van der Waals surface area contributed by atoms with Gasteiger partial charge in [0.05, 0.1) is 0 Å². The zero-order valence-electron chi connectivity index (χ0n) is 6.81. The van der Waals surface area contributed by atoms with Crippen LogP contribution in [-0.2, 0) is 0 Å². The average molecular weight is 250 g/mol. The molecule has 3 heteroatoms. The van der Waals surface area contributed by atoms with Crippen molar-refractivity contribution in [2.24, 2.45) is 0 Å². The molecular weight excluding hydrogens is 239 g/mol. The normalized spacial score (nSPS) is 12.1. The van der Waals surface area contributed by atoms with E-state index in [-0.39, 0.29) is 0 Å². The van der Waals surface area contributed by atoms with Crippen molar-refractivity contribution >= 4 is 33.6 Å². The fourth-order valence-electron chi connectivity index (χ4n) is 0.842.